The van der Waals surface area contributed by atoms with Crippen LogP contribution >= 0.6 is 0 Å². The Hall–Kier alpha value is -1.42. The van der Waals surface area contributed by atoms with Gasteiger partial charge in [0, 0.05) is 18.7 Å². The molecule has 4 nitrogen and oxygen atoms in total. The summed E-state index contributed by atoms with van der Waals surface area (Å²) < 4.78 is 0. The molecule has 74 valence electrons. The third-order valence-corrected chi connectivity index (χ3v) is 2.64. The van der Waals surface area contributed by atoms with Crippen molar-refractivity contribution in [2.45, 2.75) is 12.3 Å². The summed E-state index contributed by atoms with van der Waals surface area (Å²) in [5.41, 5.74) is 1.36. The Morgan fingerprint density at radius 1 is 1.36 bits per heavy atom. The van der Waals surface area contributed by atoms with E-state index in [-0.39, 0.29) is 10.6 Å². The average molecular weight is 192 g/mol. The fourth-order valence-corrected chi connectivity index (χ4v) is 1.81. The van der Waals surface area contributed by atoms with Gasteiger partial charge in [-0.1, -0.05) is 12.1 Å². The van der Waals surface area contributed by atoms with E-state index in [4.69, 9.17) is 0 Å². The second-order valence-electron chi connectivity index (χ2n) is 3.54. The maximum atomic E-state index is 10.4. The zero-order valence-electron chi connectivity index (χ0n) is 7.77. The van der Waals surface area contributed by atoms with Gasteiger partial charge < -0.3 is 5.32 Å². The van der Waals surface area contributed by atoms with E-state index < -0.39 is 0 Å². The maximum Gasteiger partial charge on any atom is 0.269 e. The minimum Gasteiger partial charge on any atom is -0.316 e. The second kappa shape index (κ2) is 3.75. The zero-order chi connectivity index (χ0) is 9.97. The highest BCUT2D eigenvalue weighted by Gasteiger charge is 2.17. The van der Waals surface area contributed by atoms with Crippen molar-refractivity contribution in [3.63, 3.8) is 0 Å². The van der Waals surface area contributed by atoms with Crippen molar-refractivity contribution in [3.05, 3.63) is 39.9 Å². The predicted octanol–water partition coefficient (Wildman–Crippen LogP) is 1.67. The van der Waals surface area contributed by atoms with Crippen LogP contribution in [0.25, 0.3) is 0 Å². The van der Waals surface area contributed by atoms with Gasteiger partial charge in [-0.2, -0.15) is 0 Å². The van der Waals surface area contributed by atoms with Crippen LogP contribution in [0, 0.1) is 10.1 Å². The second-order valence-corrected chi connectivity index (χ2v) is 3.54. The molecule has 0 aliphatic carbocycles. The first-order valence-corrected chi connectivity index (χ1v) is 4.72. The lowest BCUT2D eigenvalue weighted by Gasteiger charge is -2.07. The van der Waals surface area contributed by atoms with Crippen molar-refractivity contribution in [2.75, 3.05) is 13.1 Å². The number of nitrogens with one attached hydrogen (secondary N) is 1. The van der Waals surface area contributed by atoms with Gasteiger partial charge in [0.25, 0.3) is 5.69 Å². The van der Waals surface area contributed by atoms with E-state index in [1.165, 1.54) is 5.56 Å². The molecule has 1 aromatic carbocycles. The largest absolute Gasteiger partial charge is 0.316 e. The standard InChI is InChI=1S/C10H12N2O2/c13-12(14)10-3-1-8(2-4-10)9-5-6-11-7-9/h1-4,9,11H,5-7H2. The van der Waals surface area contributed by atoms with Crippen LogP contribution in [-0.4, -0.2) is 18.0 Å². The molecule has 0 saturated carbocycles. The van der Waals surface area contributed by atoms with Crippen molar-refractivity contribution in [2.24, 2.45) is 0 Å². The molecule has 0 spiro atoms. The fraction of sp³-hybridized carbons (Fsp3) is 0.400. The van der Waals surface area contributed by atoms with Gasteiger partial charge in [0.1, 0.15) is 0 Å². The summed E-state index contributed by atoms with van der Waals surface area (Å²) in [6.45, 7) is 2.03. The summed E-state index contributed by atoms with van der Waals surface area (Å²) >= 11 is 0. The molecule has 1 N–H and O–H groups in total. The Morgan fingerprint density at radius 3 is 2.57 bits per heavy atom. The molecular weight excluding hydrogens is 180 g/mol. The van der Waals surface area contributed by atoms with Crippen molar-refractivity contribution >= 4 is 5.69 Å². The van der Waals surface area contributed by atoms with Gasteiger partial charge >= 0.3 is 0 Å². The van der Waals surface area contributed by atoms with Crippen molar-refractivity contribution in [1.29, 1.82) is 0 Å². The minimum atomic E-state index is -0.364. The van der Waals surface area contributed by atoms with Crippen LogP contribution in [0.3, 0.4) is 0 Å². The van der Waals surface area contributed by atoms with Gasteiger partial charge in [0.05, 0.1) is 4.92 Å². The summed E-state index contributed by atoms with van der Waals surface area (Å²) in [5.74, 6) is 0.524. The van der Waals surface area contributed by atoms with Gasteiger partial charge in [-0.15, -0.1) is 0 Å². The average Bonchev–Trinajstić information content (AvgIpc) is 2.71. The van der Waals surface area contributed by atoms with Gasteiger partial charge in [-0.05, 0) is 24.4 Å². The van der Waals surface area contributed by atoms with Crippen LogP contribution in [-0.2, 0) is 0 Å². The number of rotatable bonds is 2. The molecule has 0 radical (unpaired) electrons. The Kier molecular flexibility index (Phi) is 2.45. The molecule has 1 saturated heterocycles. The molecule has 1 aliphatic heterocycles. The Labute approximate surface area is 82.1 Å². The van der Waals surface area contributed by atoms with E-state index in [9.17, 15) is 10.1 Å². The first-order chi connectivity index (χ1) is 6.77. The van der Waals surface area contributed by atoms with Gasteiger partial charge in [0.2, 0.25) is 0 Å². The molecule has 1 unspecified atom stereocenters. The Morgan fingerprint density at radius 2 is 2.07 bits per heavy atom. The summed E-state index contributed by atoms with van der Waals surface area (Å²) in [6.07, 6.45) is 1.12. The van der Waals surface area contributed by atoms with Crippen molar-refractivity contribution in [1.82, 2.24) is 5.32 Å². The monoisotopic (exact) mass is 192 g/mol. The SMILES string of the molecule is O=[N+]([O-])c1ccc(C2CCNC2)cc1. The number of benzene rings is 1. The first-order valence-electron chi connectivity index (χ1n) is 4.72. The van der Waals surface area contributed by atoms with Crippen LogP contribution in [0.5, 0.6) is 0 Å². The first kappa shape index (κ1) is 9.15. The van der Waals surface area contributed by atoms with Crippen LogP contribution in [0.4, 0.5) is 5.69 Å². The smallest absolute Gasteiger partial charge is 0.269 e. The minimum absolute atomic E-state index is 0.166. The van der Waals surface area contributed by atoms with Gasteiger partial charge in [-0.3, -0.25) is 10.1 Å². The summed E-state index contributed by atoms with van der Waals surface area (Å²) in [5, 5.41) is 13.7. The summed E-state index contributed by atoms with van der Waals surface area (Å²) in [7, 11) is 0. The van der Waals surface area contributed by atoms with E-state index in [1.807, 2.05) is 12.1 Å². The molecule has 1 aromatic rings. The summed E-state index contributed by atoms with van der Waals surface area (Å²) in [4.78, 5) is 10.1. The van der Waals surface area contributed by atoms with Gasteiger partial charge in [0.15, 0.2) is 0 Å². The highest BCUT2D eigenvalue weighted by molar-refractivity contribution is 5.34. The zero-order valence-corrected chi connectivity index (χ0v) is 7.77. The predicted molar refractivity (Wildman–Crippen MR) is 53.3 cm³/mol. The van der Waals surface area contributed by atoms with E-state index in [1.54, 1.807) is 12.1 Å². The third-order valence-electron chi connectivity index (χ3n) is 2.64. The molecule has 0 aromatic heterocycles. The molecule has 14 heavy (non-hydrogen) atoms. The topological polar surface area (TPSA) is 55.2 Å². The summed E-state index contributed by atoms with van der Waals surface area (Å²) in [6, 6.07) is 6.87. The Bertz CT molecular complexity index is 328. The molecular formula is C10H12N2O2. The molecule has 0 amide bonds. The molecule has 1 aliphatic rings. The number of nitro benzene ring substituents is 1. The molecule has 0 bridgehead atoms. The Balaban J connectivity index is 2.16. The maximum absolute atomic E-state index is 10.4. The number of hydrogen-bond donors (Lipinski definition) is 1. The van der Waals surface area contributed by atoms with Gasteiger partial charge in [-0.25, -0.2) is 0 Å². The lowest BCUT2D eigenvalue weighted by Crippen LogP contribution is -2.07. The number of hydrogen-bond acceptors (Lipinski definition) is 3. The van der Waals surface area contributed by atoms with Crippen LogP contribution in [0.2, 0.25) is 0 Å². The molecule has 2 rings (SSSR count). The molecule has 1 heterocycles. The van der Waals surface area contributed by atoms with Crippen LogP contribution < -0.4 is 5.32 Å². The fourth-order valence-electron chi connectivity index (χ4n) is 1.81. The van der Waals surface area contributed by atoms with Crippen molar-refractivity contribution < 1.29 is 4.92 Å². The van der Waals surface area contributed by atoms with E-state index >= 15 is 0 Å². The lowest BCUT2D eigenvalue weighted by atomic mass is 9.98. The third kappa shape index (κ3) is 1.75. The van der Waals surface area contributed by atoms with E-state index in [0.29, 0.717) is 5.92 Å². The van der Waals surface area contributed by atoms with Crippen LogP contribution in [0.1, 0.15) is 17.9 Å². The molecule has 4 heteroatoms. The van der Waals surface area contributed by atoms with E-state index in [0.717, 1.165) is 19.5 Å². The number of nitro groups is 1. The highest BCUT2D eigenvalue weighted by atomic mass is 16.6. The number of nitrogens with zero attached hydrogens (tertiary/aromatic N) is 1. The highest BCUT2D eigenvalue weighted by Crippen LogP contribution is 2.23. The number of non-ortho nitro benzene ring substituents is 1. The lowest BCUT2D eigenvalue weighted by molar-refractivity contribution is -0.384. The normalized spacial score (nSPS) is 21.0. The van der Waals surface area contributed by atoms with Crippen molar-refractivity contribution in [3.8, 4) is 0 Å². The quantitative estimate of drug-likeness (QED) is 0.572. The van der Waals surface area contributed by atoms with E-state index in [2.05, 4.69) is 5.32 Å². The molecule has 1 atom stereocenters. The van der Waals surface area contributed by atoms with Crippen LogP contribution in [0.15, 0.2) is 24.3 Å². The molecule has 1 fully saturated rings.